The van der Waals surface area contributed by atoms with Crippen molar-refractivity contribution in [1.29, 1.82) is 0 Å². The van der Waals surface area contributed by atoms with Gasteiger partial charge in [0.25, 0.3) is 0 Å². The van der Waals surface area contributed by atoms with Crippen LogP contribution in [0.25, 0.3) is 0 Å². The molecule has 1 atom stereocenters. The van der Waals surface area contributed by atoms with Crippen molar-refractivity contribution in [2.75, 3.05) is 6.61 Å². The molecule has 0 radical (unpaired) electrons. The van der Waals surface area contributed by atoms with Crippen molar-refractivity contribution >= 4 is 11.6 Å². The van der Waals surface area contributed by atoms with E-state index in [-0.39, 0.29) is 16.6 Å². The van der Waals surface area contributed by atoms with Crippen molar-refractivity contribution in [2.24, 2.45) is 0 Å². The molecule has 0 saturated heterocycles. The Labute approximate surface area is 129 Å². The molecule has 2 aromatic carbocycles. The van der Waals surface area contributed by atoms with Crippen LogP contribution in [0.5, 0.6) is 5.75 Å². The Hall–Kier alpha value is -1.54. The molecule has 3 rings (SSSR count). The van der Waals surface area contributed by atoms with Gasteiger partial charge in [-0.15, -0.1) is 11.6 Å². The third kappa shape index (κ3) is 2.53. The number of ether oxygens (including phenoxy) is 1. The fourth-order valence-electron chi connectivity index (χ4n) is 2.71. The van der Waals surface area contributed by atoms with E-state index in [9.17, 15) is 4.39 Å². The molecule has 0 spiro atoms. The lowest BCUT2D eigenvalue weighted by Gasteiger charge is -2.18. The minimum atomic E-state index is -0.286. The maximum absolute atomic E-state index is 13.4. The molecule has 0 aliphatic carbocycles. The average molecular weight is 305 g/mol. The molecule has 1 aliphatic rings. The molecule has 0 bridgehead atoms. The van der Waals surface area contributed by atoms with Crippen LogP contribution in [0.4, 0.5) is 4.39 Å². The van der Waals surface area contributed by atoms with Crippen molar-refractivity contribution in [3.05, 3.63) is 64.5 Å². The number of benzene rings is 2. The third-order valence-electron chi connectivity index (χ3n) is 4.09. The highest BCUT2D eigenvalue weighted by Crippen LogP contribution is 2.41. The maximum Gasteiger partial charge on any atom is 0.126 e. The molecule has 0 fully saturated rings. The van der Waals surface area contributed by atoms with Crippen molar-refractivity contribution < 1.29 is 9.13 Å². The predicted octanol–water partition coefficient (Wildman–Crippen LogP) is 5.13. The molecule has 1 aliphatic heterocycles. The Bertz CT molecular complexity index is 694. The first-order valence-corrected chi connectivity index (χ1v) is 7.49. The first kappa shape index (κ1) is 14.4. The number of aryl methyl sites for hydroxylation is 1. The lowest BCUT2D eigenvalue weighted by atomic mass is 9.85. The van der Waals surface area contributed by atoms with Crippen molar-refractivity contribution in [2.45, 2.75) is 31.6 Å². The van der Waals surface area contributed by atoms with Gasteiger partial charge in [0.15, 0.2) is 0 Å². The molecule has 0 amide bonds. The summed E-state index contributed by atoms with van der Waals surface area (Å²) < 4.78 is 19.1. The lowest BCUT2D eigenvalue weighted by molar-refractivity contribution is 0.291. The maximum atomic E-state index is 13.4. The Morgan fingerprint density at radius 3 is 2.52 bits per heavy atom. The van der Waals surface area contributed by atoms with Gasteiger partial charge in [0.1, 0.15) is 11.6 Å². The molecular weight excluding hydrogens is 287 g/mol. The zero-order valence-electron chi connectivity index (χ0n) is 12.4. The van der Waals surface area contributed by atoms with E-state index in [1.54, 1.807) is 13.0 Å². The molecule has 1 nitrogen and oxygen atoms in total. The monoisotopic (exact) mass is 304 g/mol. The Morgan fingerprint density at radius 2 is 1.81 bits per heavy atom. The second kappa shape index (κ2) is 5.03. The molecule has 3 heteroatoms. The highest BCUT2D eigenvalue weighted by Gasteiger charge is 2.32. The van der Waals surface area contributed by atoms with Gasteiger partial charge in [-0.1, -0.05) is 32.0 Å². The van der Waals surface area contributed by atoms with Gasteiger partial charge < -0.3 is 4.74 Å². The van der Waals surface area contributed by atoms with Crippen molar-refractivity contribution in [3.63, 3.8) is 0 Å². The Balaban J connectivity index is 1.99. The largest absolute Gasteiger partial charge is 0.492 e. The molecule has 2 aromatic rings. The summed E-state index contributed by atoms with van der Waals surface area (Å²) in [6.07, 6.45) is 0. The third-order valence-corrected chi connectivity index (χ3v) is 4.59. The minimum absolute atomic E-state index is 0.000660. The van der Waals surface area contributed by atoms with Crippen LogP contribution in [0.1, 0.15) is 41.5 Å². The fourth-order valence-corrected chi connectivity index (χ4v) is 2.99. The topological polar surface area (TPSA) is 9.23 Å². The van der Waals surface area contributed by atoms with Crippen LogP contribution in [-0.4, -0.2) is 6.61 Å². The van der Waals surface area contributed by atoms with Crippen LogP contribution in [0, 0.1) is 12.7 Å². The molecule has 0 saturated carbocycles. The fraction of sp³-hybridized carbons (Fsp3) is 0.333. The van der Waals surface area contributed by atoms with Crippen LogP contribution < -0.4 is 4.74 Å². The lowest BCUT2D eigenvalue weighted by Crippen LogP contribution is -2.18. The van der Waals surface area contributed by atoms with E-state index in [1.165, 1.54) is 11.6 Å². The second-order valence-corrected chi connectivity index (χ2v) is 6.74. The molecule has 1 unspecified atom stereocenters. The number of hydrogen-bond donors (Lipinski definition) is 0. The zero-order chi connectivity index (χ0) is 15.2. The van der Waals surface area contributed by atoms with Gasteiger partial charge >= 0.3 is 0 Å². The first-order valence-electron chi connectivity index (χ1n) is 7.06. The summed E-state index contributed by atoms with van der Waals surface area (Å²) >= 11 is 6.59. The van der Waals surface area contributed by atoms with Gasteiger partial charge in [0, 0.05) is 11.0 Å². The van der Waals surface area contributed by atoms with Gasteiger partial charge in [-0.2, -0.15) is 0 Å². The number of halogens is 2. The summed E-state index contributed by atoms with van der Waals surface area (Å²) in [6, 6.07) is 11.1. The summed E-state index contributed by atoms with van der Waals surface area (Å²) in [4.78, 5) is 0. The summed E-state index contributed by atoms with van der Waals surface area (Å²) in [7, 11) is 0. The summed E-state index contributed by atoms with van der Waals surface area (Å²) in [6.45, 7) is 6.76. The quantitative estimate of drug-likeness (QED) is 0.699. The highest BCUT2D eigenvalue weighted by molar-refractivity contribution is 6.22. The second-order valence-electron chi connectivity index (χ2n) is 6.30. The zero-order valence-corrected chi connectivity index (χ0v) is 13.2. The van der Waals surface area contributed by atoms with E-state index in [2.05, 4.69) is 19.9 Å². The Kier molecular flexibility index (Phi) is 3.45. The van der Waals surface area contributed by atoms with Gasteiger partial charge in [0.2, 0.25) is 0 Å². The van der Waals surface area contributed by atoms with E-state index >= 15 is 0 Å². The normalized spacial score (nSPS) is 17.2. The molecule has 0 N–H and O–H groups in total. The van der Waals surface area contributed by atoms with E-state index in [0.29, 0.717) is 12.2 Å². The van der Waals surface area contributed by atoms with Gasteiger partial charge in [0.05, 0.1) is 12.0 Å². The van der Waals surface area contributed by atoms with Crippen LogP contribution in [0.2, 0.25) is 0 Å². The van der Waals surface area contributed by atoms with E-state index in [4.69, 9.17) is 16.3 Å². The van der Waals surface area contributed by atoms with Crippen LogP contribution in [0.15, 0.2) is 36.4 Å². The number of rotatable bonds is 2. The number of hydrogen-bond acceptors (Lipinski definition) is 1. The van der Waals surface area contributed by atoms with Crippen LogP contribution in [-0.2, 0) is 5.41 Å². The van der Waals surface area contributed by atoms with Crippen molar-refractivity contribution in [3.8, 4) is 5.75 Å². The molecule has 0 aromatic heterocycles. The van der Waals surface area contributed by atoms with E-state index < -0.39 is 0 Å². The summed E-state index contributed by atoms with van der Waals surface area (Å²) in [5.41, 5.74) is 3.72. The predicted molar refractivity (Wildman–Crippen MR) is 83.8 cm³/mol. The SMILES string of the molecule is Cc1cc(C(Cl)c2ccc3c(c2)C(C)(C)CO3)ccc1F. The molecule has 110 valence electrons. The first-order chi connectivity index (χ1) is 9.88. The van der Waals surface area contributed by atoms with E-state index in [1.807, 2.05) is 18.2 Å². The number of alkyl halides is 1. The van der Waals surface area contributed by atoms with Crippen LogP contribution in [0.3, 0.4) is 0 Å². The van der Waals surface area contributed by atoms with Crippen LogP contribution >= 0.6 is 11.6 Å². The average Bonchev–Trinajstić information content (AvgIpc) is 2.76. The highest BCUT2D eigenvalue weighted by atomic mass is 35.5. The standard InChI is InChI=1S/C18H18ClFO/c1-11-8-12(4-6-15(11)20)17(19)13-5-7-16-14(9-13)18(2,3)10-21-16/h4-9,17H,10H2,1-3H3. The minimum Gasteiger partial charge on any atom is -0.492 e. The number of fused-ring (bicyclic) bond motifs is 1. The summed E-state index contributed by atoms with van der Waals surface area (Å²) in [5, 5.41) is -0.286. The molecular formula is C18H18ClFO. The van der Waals surface area contributed by atoms with Crippen molar-refractivity contribution in [1.82, 2.24) is 0 Å². The van der Waals surface area contributed by atoms with E-state index in [0.717, 1.165) is 16.9 Å². The van der Waals surface area contributed by atoms with Gasteiger partial charge in [-0.05, 0) is 41.8 Å². The Morgan fingerprint density at radius 1 is 1.14 bits per heavy atom. The molecule has 21 heavy (non-hydrogen) atoms. The van der Waals surface area contributed by atoms with Gasteiger partial charge in [-0.3, -0.25) is 0 Å². The smallest absolute Gasteiger partial charge is 0.126 e. The van der Waals surface area contributed by atoms with Gasteiger partial charge in [-0.25, -0.2) is 4.39 Å². The summed E-state index contributed by atoms with van der Waals surface area (Å²) in [5.74, 6) is 0.731. The molecule has 1 heterocycles.